The number of nitro groups is 1. The number of rotatable bonds is 8. The zero-order chi connectivity index (χ0) is 24.6. The fourth-order valence-electron chi connectivity index (χ4n) is 5.23. The molecule has 2 fully saturated rings. The quantitative estimate of drug-likeness (QED) is 0.395. The summed E-state index contributed by atoms with van der Waals surface area (Å²) in [5.74, 6) is -2.14. The van der Waals surface area contributed by atoms with Crippen molar-refractivity contribution in [2.24, 2.45) is 5.92 Å². The van der Waals surface area contributed by atoms with Gasteiger partial charge >= 0.3 is 0 Å². The predicted octanol–water partition coefficient (Wildman–Crippen LogP) is 4.74. The van der Waals surface area contributed by atoms with Gasteiger partial charge < -0.3 is 10.4 Å². The third-order valence-electron chi connectivity index (χ3n) is 7.02. The van der Waals surface area contributed by atoms with Crippen molar-refractivity contribution in [1.29, 1.82) is 0 Å². The molecule has 7 nitrogen and oxygen atoms in total. The third-order valence-corrected chi connectivity index (χ3v) is 7.54. The highest BCUT2D eigenvalue weighted by atomic mass is 35.5. The van der Waals surface area contributed by atoms with Crippen LogP contribution in [0.25, 0.3) is 0 Å². The van der Waals surface area contributed by atoms with Gasteiger partial charge in [-0.25, -0.2) is 4.39 Å². The van der Waals surface area contributed by atoms with Crippen LogP contribution in [-0.4, -0.2) is 51.6 Å². The van der Waals surface area contributed by atoms with Crippen LogP contribution in [0, 0.1) is 21.8 Å². The Morgan fingerprint density at radius 1 is 1.29 bits per heavy atom. The van der Waals surface area contributed by atoms with E-state index in [1.54, 1.807) is 36.1 Å². The summed E-state index contributed by atoms with van der Waals surface area (Å²) in [4.78, 5) is 27.7. The fraction of sp³-hybridized carbons (Fsp3) is 0.458. The Balaban J connectivity index is 1.88. The van der Waals surface area contributed by atoms with Crippen LogP contribution in [0.15, 0.2) is 42.5 Å². The minimum absolute atomic E-state index is 0.0131. The summed E-state index contributed by atoms with van der Waals surface area (Å²) in [6.45, 7) is 1.76. The lowest BCUT2D eigenvalue weighted by Crippen LogP contribution is -2.56. The first-order chi connectivity index (χ1) is 16.2. The molecule has 4 atom stereocenters. The van der Waals surface area contributed by atoms with Crippen molar-refractivity contribution >= 4 is 34.8 Å². The molecule has 1 aliphatic heterocycles. The third kappa shape index (κ3) is 4.52. The largest absolute Gasteiger partial charge is 0.396 e. The number of carbonyl (C=O) groups excluding carboxylic acids is 1. The minimum Gasteiger partial charge on any atom is -0.396 e. The molecule has 1 heterocycles. The van der Waals surface area contributed by atoms with Crippen LogP contribution in [-0.2, 0) is 4.79 Å². The molecule has 1 saturated heterocycles. The van der Waals surface area contributed by atoms with Crippen molar-refractivity contribution in [2.45, 2.75) is 49.7 Å². The molecule has 1 amide bonds. The van der Waals surface area contributed by atoms with Gasteiger partial charge in [-0.05, 0) is 56.4 Å². The Kier molecular flexibility index (Phi) is 7.14. The van der Waals surface area contributed by atoms with E-state index in [0.29, 0.717) is 17.3 Å². The zero-order valence-electron chi connectivity index (χ0n) is 18.6. The molecular weight excluding hydrogens is 484 g/mol. The molecular formula is C24H26Cl2FN3O4. The second-order valence-electron chi connectivity index (χ2n) is 9.18. The van der Waals surface area contributed by atoms with E-state index in [-0.39, 0.29) is 29.5 Å². The standard InChI is InChI=1S/C24H26Cl2FN3O4/c1-24(23(32)28-16-5-2-4-15(25)12-16)20(17-6-3-7-18(26)21(17)27)22(30(33)34)19(10-11-31)29(24)13-14-8-9-14/h2-7,12,14,19-20,22,31H,8-11,13H2,1H3,(H,28,32)/t19-,20-,22+,24+/m0/s1. The maximum absolute atomic E-state index is 15.3. The Morgan fingerprint density at radius 3 is 2.62 bits per heavy atom. The SMILES string of the molecule is C[C@]1(C(=O)Nc2cccc(Cl)c2)[C@@H](c2cccc(Cl)c2F)[C@H]([N+](=O)[O-])[C@H](CCO)N1CC1CC1. The first-order valence-corrected chi connectivity index (χ1v) is 12.0. The first kappa shape index (κ1) is 24.9. The molecule has 2 aliphatic rings. The summed E-state index contributed by atoms with van der Waals surface area (Å²) in [7, 11) is 0. The number of carbonyl (C=O) groups is 1. The van der Waals surface area contributed by atoms with E-state index in [4.69, 9.17) is 23.2 Å². The minimum atomic E-state index is -1.49. The van der Waals surface area contributed by atoms with Crippen LogP contribution in [0.3, 0.4) is 0 Å². The van der Waals surface area contributed by atoms with E-state index in [1.807, 2.05) is 0 Å². The summed E-state index contributed by atoms with van der Waals surface area (Å²) in [6, 6.07) is 8.84. The van der Waals surface area contributed by atoms with E-state index >= 15 is 4.39 Å². The van der Waals surface area contributed by atoms with Gasteiger partial charge in [-0.2, -0.15) is 0 Å². The summed E-state index contributed by atoms with van der Waals surface area (Å²) in [5.41, 5.74) is -1.05. The molecule has 2 N–H and O–H groups in total. The molecule has 34 heavy (non-hydrogen) atoms. The zero-order valence-corrected chi connectivity index (χ0v) is 20.1. The lowest BCUT2D eigenvalue weighted by Gasteiger charge is -2.39. The van der Waals surface area contributed by atoms with Gasteiger partial charge in [0.2, 0.25) is 11.9 Å². The lowest BCUT2D eigenvalue weighted by molar-refractivity contribution is -0.528. The van der Waals surface area contributed by atoms with Crippen LogP contribution in [0.4, 0.5) is 10.1 Å². The van der Waals surface area contributed by atoms with Crippen LogP contribution in [0.2, 0.25) is 10.0 Å². The lowest BCUT2D eigenvalue weighted by atomic mass is 9.77. The summed E-state index contributed by atoms with van der Waals surface area (Å²) < 4.78 is 15.3. The molecule has 10 heteroatoms. The summed E-state index contributed by atoms with van der Waals surface area (Å²) >= 11 is 12.1. The van der Waals surface area contributed by atoms with Crippen molar-refractivity contribution in [1.82, 2.24) is 4.90 Å². The van der Waals surface area contributed by atoms with Crippen molar-refractivity contribution in [3.63, 3.8) is 0 Å². The number of amides is 1. The molecule has 0 aromatic heterocycles. The van der Waals surface area contributed by atoms with Crippen molar-refractivity contribution in [3.8, 4) is 0 Å². The van der Waals surface area contributed by atoms with Gasteiger partial charge in [-0.1, -0.05) is 41.4 Å². The number of aliphatic hydroxyl groups is 1. The molecule has 4 rings (SSSR count). The number of hydrogen-bond donors (Lipinski definition) is 2. The van der Waals surface area contributed by atoms with E-state index in [2.05, 4.69) is 5.32 Å². The van der Waals surface area contributed by atoms with Crippen molar-refractivity contribution in [2.75, 3.05) is 18.5 Å². The molecule has 2 aromatic carbocycles. The number of anilines is 1. The average Bonchev–Trinajstić information content (AvgIpc) is 3.56. The van der Waals surface area contributed by atoms with Crippen LogP contribution >= 0.6 is 23.2 Å². The average molecular weight is 510 g/mol. The van der Waals surface area contributed by atoms with Crippen molar-refractivity contribution in [3.05, 3.63) is 74.0 Å². The number of halogens is 3. The molecule has 2 aromatic rings. The smallest absolute Gasteiger partial charge is 0.245 e. The maximum atomic E-state index is 15.3. The fourth-order valence-corrected chi connectivity index (χ4v) is 5.60. The predicted molar refractivity (Wildman–Crippen MR) is 128 cm³/mol. The summed E-state index contributed by atoms with van der Waals surface area (Å²) in [6.07, 6.45) is 1.98. The van der Waals surface area contributed by atoms with Gasteiger partial charge in [0.25, 0.3) is 0 Å². The van der Waals surface area contributed by atoms with Gasteiger partial charge in [0, 0.05) is 34.3 Å². The van der Waals surface area contributed by atoms with E-state index < -0.39 is 40.2 Å². The summed E-state index contributed by atoms with van der Waals surface area (Å²) in [5, 5.41) is 25.3. The molecule has 0 spiro atoms. The Bertz CT molecular complexity index is 1100. The molecule has 182 valence electrons. The van der Waals surface area contributed by atoms with Crippen LogP contribution in [0.5, 0.6) is 0 Å². The maximum Gasteiger partial charge on any atom is 0.245 e. The van der Waals surface area contributed by atoms with E-state index in [0.717, 1.165) is 12.8 Å². The number of nitrogens with zero attached hydrogens (tertiary/aromatic N) is 2. The molecule has 1 saturated carbocycles. The van der Waals surface area contributed by atoms with Crippen LogP contribution in [0.1, 0.15) is 37.7 Å². The number of aliphatic hydroxyl groups excluding tert-OH is 1. The Morgan fingerprint density at radius 2 is 2.00 bits per heavy atom. The second-order valence-corrected chi connectivity index (χ2v) is 10.0. The number of hydrogen-bond acceptors (Lipinski definition) is 5. The highest BCUT2D eigenvalue weighted by Crippen LogP contribution is 2.51. The van der Waals surface area contributed by atoms with Gasteiger partial charge in [0.1, 0.15) is 11.4 Å². The molecule has 0 bridgehead atoms. The van der Waals surface area contributed by atoms with Gasteiger partial charge in [-0.15, -0.1) is 0 Å². The number of likely N-dealkylation sites (tertiary alicyclic amines) is 1. The second kappa shape index (κ2) is 9.77. The highest BCUT2D eigenvalue weighted by Gasteiger charge is 2.66. The highest BCUT2D eigenvalue weighted by molar-refractivity contribution is 6.31. The normalized spacial score (nSPS) is 27.0. The topological polar surface area (TPSA) is 95.7 Å². The van der Waals surface area contributed by atoms with Gasteiger partial charge in [0.05, 0.1) is 17.0 Å². The van der Waals surface area contributed by atoms with Crippen LogP contribution < -0.4 is 5.32 Å². The molecule has 0 unspecified atom stereocenters. The number of nitrogens with one attached hydrogen (secondary N) is 1. The first-order valence-electron chi connectivity index (χ1n) is 11.2. The number of benzene rings is 2. The van der Waals surface area contributed by atoms with E-state index in [1.165, 1.54) is 18.2 Å². The van der Waals surface area contributed by atoms with Gasteiger partial charge in [0.15, 0.2) is 0 Å². The Hall–Kier alpha value is -2.26. The molecule has 1 aliphatic carbocycles. The van der Waals surface area contributed by atoms with E-state index in [9.17, 15) is 20.0 Å². The van der Waals surface area contributed by atoms with Gasteiger partial charge in [-0.3, -0.25) is 19.8 Å². The Labute approximate surface area is 207 Å². The monoisotopic (exact) mass is 509 g/mol. The molecule has 0 radical (unpaired) electrons. The van der Waals surface area contributed by atoms with Crippen molar-refractivity contribution < 1.29 is 19.2 Å².